The lowest BCUT2D eigenvalue weighted by Crippen LogP contribution is -1.98. The molecule has 1 fully saturated rings. The van der Waals surface area contributed by atoms with Crippen LogP contribution < -0.4 is 9.47 Å². The highest BCUT2D eigenvalue weighted by Gasteiger charge is 2.20. The second-order valence-electron chi connectivity index (χ2n) is 6.17. The van der Waals surface area contributed by atoms with Gasteiger partial charge in [0.15, 0.2) is 11.5 Å². The van der Waals surface area contributed by atoms with E-state index in [9.17, 15) is 0 Å². The Hall–Kier alpha value is -1.63. The topological polar surface area (TPSA) is 31.4 Å². The molecule has 1 aliphatic heterocycles. The first-order valence-electron chi connectivity index (χ1n) is 8.80. The molecule has 0 aliphatic carbocycles. The van der Waals surface area contributed by atoms with Crippen LogP contribution in [0.4, 0.5) is 0 Å². The van der Waals surface area contributed by atoms with Crippen molar-refractivity contribution >= 4 is 34.9 Å². The molecule has 3 aromatic rings. The summed E-state index contributed by atoms with van der Waals surface area (Å²) in [4.78, 5) is 5.84. The maximum absolute atomic E-state index is 6.09. The Morgan fingerprint density at radius 2 is 1.81 bits per heavy atom. The summed E-state index contributed by atoms with van der Waals surface area (Å²) < 4.78 is 12.2. The molecule has 1 aliphatic rings. The van der Waals surface area contributed by atoms with E-state index in [0.29, 0.717) is 11.2 Å². The molecule has 0 N–H and O–H groups in total. The number of nitrogens with zero attached hydrogens (tertiary/aromatic N) is 1. The monoisotopic (exact) mass is 415 g/mol. The van der Waals surface area contributed by atoms with Crippen LogP contribution in [0, 0.1) is 6.92 Å². The molecule has 0 amide bonds. The Kier molecular flexibility index (Phi) is 5.95. The Morgan fingerprint density at radius 1 is 1.04 bits per heavy atom. The Balaban J connectivity index is 1.49. The highest BCUT2D eigenvalue weighted by molar-refractivity contribution is 8.19. The van der Waals surface area contributed by atoms with Gasteiger partial charge in [-0.25, -0.2) is 4.98 Å². The van der Waals surface area contributed by atoms with Crippen LogP contribution in [0.3, 0.4) is 0 Å². The number of aromatic nitrogens is 1. The molecule has 2 heterocycles. The lowest BCUT2D eigenvalue weighted by Gasteiger charge is -2.14. The second kappa shape index (κ2) is 8.59. The van der Waals surface area contributed by atoms with E-state index in [1.165, 1.54) is 17.1 Å². The first-order chi connectivity index (χ1) is 13.2. The molecule has 0 bridgehead atoms. The fourth-order valence-electron chi connectivity index (χ4n) is 2.91. The summed E-state index contributed by atoms with van der Waals surface area (Å²) in [6.07, 6.45) is 0. The van der Waals surface area contributed by atoms with E-state index < -0.39 is 0 Å². The molecule has 3 nitrogen and oxygen atoms in total. The van der Waals surface area contributed by atoms with E-state index in [1.807, 2.05) is 54.7 Å². The molecule has 27 heavy (non-hydrogen) atoms. The second-order valence-corrected chi connectivity index (χ2v) is 9.97. The minimum absolute atomic E-state index is 0.499. The van der Waals surface area contributed by atoms with Crippen molar-refractivity contribution in [3.63, 3.8) is 0 Å². The minimum Gasteiger partial charge on any atom is -0.493 e. The van der Waals surface area contributed by atoms with Gasteiger partial charge in [-0.05, 0) is 24.6 Å². The molecular formula is C21H21NO2S3. The number of benzene rings is 2. The smallest absolute Gasteiger partial charge is 0.161 e. The summed E-state index contributed by atoms with van der Waals surface area (Å²) >= 11 is 5.67. The summed E-state index contributed by atoms with van der Waals surface area (Å²) in [5.41, 5.74) is 3.46. The zero-order chi connectivity index (χ0) is 18.6. The van der Waals surface area contributed by atoms with E-state index in [-0.39, 0.29) is 0 Å². The minimum atomic E-state index is 0.499. The van der Waals surface area contributed by atoms with Gasteiger partial charge in [-0.15, -0.1) is 34.9 Å². The number of aryl methyl sites for hydroxylation is 1. The molecule has 1 saturated heterocycles. The molecule has 0 radical (unpaired) electrons. The number of hydrogen-bond acceptors (Lipinski definition) is 6. The number of methoxy groups -OCH3 is 1. The predicted molar refractivity (Wildman–Crippen MR) is 117 cm³/mol. The molecule has 1 aromatic heterocycles. The SMILES string of the molecule is COc1cc(C2SCCS2)ccc1OCc1sc(-c2ccccc2)nc1C. The van der Waals surface area contributed by atoms with Crippen LogP contribution in [0.15, 0.2) is 48.5 Å². The van der Waals surface area contributed by atoms with Gasteiger partial charge in [0.1, 0.15) is 11.6 Å². The van der Waals surface area contributed by atoms with Crippen LogP contribution in [0.25, 0.3) is 10.6 Å². The van der Waals surface area contributed by atoms with Crippen LogP contribution in [-0.4, -0.2) is 23.6 Å². The van der Waals surface area contributed by atoms with Crippen molar-refractivity contribution in [2.45, 2.75) is 18.1 Å². The third kappa shape index (κ3) is 4.28. The highest BCUT2D eigenvalue weighted by atomic mass is 32.2. The van der Waals surface area contributed by atoms with Gasteiger partial charge < -0.3 is 9.47 Å². The zero-order valence-corrected chi connectivity index (χ0v) is 17.8. The third-order valence-corrected chi connectivity index (χ3v) is 8.64. The molecule has 0 atom stereocenters. The van der Waals surface area contributed by atoms with Gasteiger partial charge in [0.2, 0.25) is 0 Å². The van der Waals surface area contributed by atoms with Gasteiger partial charge in [0.25, 0.3) is 0 Å². The zero-order valence-electron chi connectivity index (χ0n) is 15.3. The van der Waals surface area contributed by atoms with Crippen molar-refractivity contribution in [2.24, 2.45) is 0 Å². The van der Waals surface area contributed by atoms with Gasteiger partial charge in [0, 0.05) is 17.1 Å². The van der Waals surface area contributed by atoms with Crippen molar-refractivity contribution in [3.05, 3.63) is 64.7 Å². The van der Waals surface area contributed by atoms with Crippen LogP contribution in [0.2, 0.25) is 0 Å². The normalized spacial score (nSPS) is 14.4. The lowest BCUT2D eigenvalue weighted by atomic mass is 10.2. The molecule has 2 aromatic carbocycles. The molecule has 4 rings (SSSR count). The van der Waals surface area contributed by atoms with E-state index in [1.54, 1.807) is 18.4 Å². The molecule has 6 heteroatoms. The van der Waals surface area contributed by atoms with Crippen LogP contribution >= 0.6 is 34.9 Å². The molecular weight excluding hydrogens is 394 g/mol. The molecule has 0 unspecified atom stereocenters. The van der Waals surface area contributed by atoms with Crippen molar-refractivity contribution in [1.29, 1.82) is 0 Å². The van der Waals surface area contributed by atoms with Gasteiger partial charge in [-0.2, -0.15) is 0 Å². The standard InChI is InChI=1S/C21H21NO2S3/c1-14-19(27-20(22-14)15-6-4-3-5-7-15)13-24-17-9-8-16(12-18(17)23-2)21-25-10-11-26-21/h3-9,12,21H,10-11,13H2,1-2H3. The van der Waals surface area contributed by atoms with Gasteiger partial charge in [-0.1, -0.05) is 36.4 Å². The molecule has 140 valence electrons. The third-order valence-electron chi connectivity index (χ3n) is 4.35. The average molecular weight is 416 g/mol. The summed E-state index contributed by atoms with van der Waals surface area (Å²) in [5, 5.41) is 1.03. The van der Waals surface area contributed by atoms with Gasteiger partial charge >= 0.3 is 0 Å². The Bertz CT molecular complexity index is 905. The van der Waals surface area contributed by atoms with Gasteiger partial charge in [-0.3, -0.25) is 0 Å². The van der Waals surface area contributed by atoms with Crippen molar-refractivity contribution in [1.82, 2.24) is 4.98 Å². The number of ether oxygens (including phenoxy) is 2. The summed E-state index contributed by atoms with van der Waals surface area (Å²) in [7, 11) is 1.70. The van der Waals surface area contributed by atoms with E-state index >= 15 is 0 Å². The number of hydrogen-bond donors (Lipinski definition) is 0. The van der Waals surface area contributed by atoms with Gasteiger partial charge in [0.05, 0.1) is 22.3 Å². The fourth-order valence-corrected chi connectivity index (χ4v) is 6.73. The van der Waals surface area contributed by atoms with E-state index in [2.05, 4.69) is 24.3 Å². The van der Waals surface area contributed by atoms with E-state index in [4.69, 9.17) is 14.5 Å². The average Bonchev–Trinajstić information content (AvgIpc) is 3.37. The van der Waals surface area contributed by atoms with Crippen LogP contribution in [-0.2, 0) is 6.61 Å². The summed E-state index contributed by atoms with van der Waals surface area (Å²) in [5.74, 6) is 4.00. The summed E-state index contributed by atoms with van der Waals surface area (Å²) in [6.45, 7) is 2.54. The molecule has 0 saturated carbocycles. The number of rotatable bonds is 6. The van der Waals surface area contributed by atoms with Crippen LogP contribution in [0.1, 0.15) is 20.7 Å². The maximum Gasteiger partial charge on any atom is 0.161 e. The molecule has 0 spiro atoms. The highest BCUT2D eigenvalue weighted by Crippen LogP contribution is 2.47. The summed E-state index contributed by atoms with van der Waals surface area (Å²) in [6, 6.07) is 16.6. The van der Waals surface area contributed by atoms with Crippen LogP contribution in [0.5, 0.6) is 11.5 Å². The Labute approximate surface area is 172 Å². The first kappa shape index (κ1) is 18.7. The number of thioether (sulfide) groups is 2. The quantitative estimate of drug-likeness (QED) is 0.479. The lowest BCUT2D eigenvalue weighted by molar-refractivity contribution is 0.286. The largest absolute Gasteiger partial charge is 0.493 e. The van der Waals surface area contributed by atoms with Crippen molar-refractivity contribution in [2.75, 3.05) is 18.6 Å². The van der Waals surface area contributed by atoms with E-state index in [0.717, 1.165) is 32.6 Å². The number of thiazole rings is 1. The first-order valence-corrected chi connectivity index (χ1v) is 11.7. The van der Waals surface area contributed by atoms with Crippen molar-refractivity contribution < 1.29 is 9.47 Å². The maximum atomic E-state index is 6.09. The predicted octanol–water partition coefficient (Wildman–Crippen LogP) is 6.18. The fraction of sp³-hybridized carbons (Fsp3) is 0.286. The Morgan fingerprint density at radius 3 is 2.56 bits per heavy atom. The van der Waals surface area contributed by atoms with Crippen molar-refractivity contribution in [3.8, 4) is 22.1 Å².